The Hall–Kier alpha value is -2.57. The first-order valence-electron chi connectivity index (χ1n) is 6.45. The van der Waals surface area contributed by atoms with E-state index in [2.05, 4.69) is 15.5 Å². The molecule has 7 heteroatoms. The number of urea groups is 1. The predicted octanol–water partition coefficient (Wildman–Crippen LogP) is 2.36. The predicted molar refractivity (Wildman–Crippen MR) is 77.3 cm³/mol. The maximum Gasteiger partial charge on any atom is 0.321 e. The molecule has 1 aromatic carbocycles. The number of nitrogens with zero attached hydrogens (tertiary/aromatic N) is 3. The smallest absolute Gasteiger partial charge is 0.321 e. The summed E-state index contributed by atoms with van der Waals surface area (Å²) in [7, 11) is 3.28. The minimum Gasteiger partial charge on any atom is -0.496 e. The molecule has 0 unspecified atom stereocenters. The molecule has 0 atom stereocenters. The molecular formula is C14H18N4O3. The Kier molecular flexibility index (Phi) is 4.42. The van der Waals surface area contributed by atoms with Gasteiger partial charge in [-0.1, -0.05) is 5.16 Å². The number of nitrogens with one attached hydrogen (secondary N) is 1. The van der Waals surface area contributed by atoms with Crippen molar-refractivity contribution in [1.82, 2.24) is 15.0 Å². The number of carbonyl (C=O) groups excluding carboxylic acids is 1. The van der Waals surface area contributed by atoms with Gasteiger partial charge >= 0.3 is 6.03 Å². The molecule has 0 aliphatic rings. The molecule has 0 spiro atoms. The minimum atomic E-state index is -0.248. The molecule has 1 heterocycles. The summed E-state index contributed by atoms with van der Waals surface area (Å²) in [6.07, 6.45) is 0. The lowest BCUT2D eigenvalue weighted by Crippen LogP contribution is -2.31. The van der Waals surface area contributed by atoms with Gasteiger partial charge in [0.05, 0.1) is 13.7 Å². The number of aryl methyl sites for hydroxylation is 2. The average molecular weight is 290 g/mol. The Labute approximate surface area is 122 Å². The number of benzene rings is 1. The van der Waals surface area contributed by atoms with Crippen LogP contribution >= 0.6 is 0 Å². The van der Waals surface area contributed by atoms with E-state index in [1.165, 1.54) is 4.90 Å². The van der Waals surface area contributed by atoms with Gasteiger partial charge in [0.15, 0.2) is 5.82 Å². The maximum atomic E-state index is 12.1. The highest BCUT2D eigenvalue weighted by atomic mass is 16.5. The first kappa shape index (κ1) is 14.8. The highest BCUT2D eigenvalue weighted by Gasteiger charge is 2.13. The van der Waals surface area contributed by atoms with Gasteiger partial charge in [0.1, 0.15) is 5.75 Å². The lowest BCUT2D eigenvalue weighted by atomic mass is 10.2. The normalized spacial score (nSPS) is 10.3. The molecule has 21 heavy (non-hydrogen) atoms. The van der Waals surface area contributed by atoms with E-state index >= 15 is 0 Å². The van der Waals surface area contributed by atoms with Crippen molar-refractivity contribution in [3.8, 4) is 5.75 Å². The third kappa shape index (κ3) is 3.71. The van der Waals surface area contributed by atoms with Crippen molar-refractivity contribution < 1.29 is 14.1 Å². The van der Waals surface area contributed by atoms with E-state index in [9.17, 15) is 4.79 Å². The summed E-state index contributed by atoms with van der Waals surface area (Å²) in [4.78, 5) is 17.6. The molecule has 0 fully saturated rings. The number of carbonyl (C=O) groups is 1. The Morgan fingerprint density at radius 1 is 1.43 bits per heavy atom. The monoisotopic (exact) mass is 290 g/mol. The van der Waals surface area contributed by atoms with Gasteiger partial charge in [0.25, 0.3) is 0 Å². The van der Waals surface area contributed by atoms with Crippen molar-refractivity contribution in [3.63, 3.8) is 0 Å². The van der Waals surface area contributed by atoms with E-state index in [1.54, 1.807) is 27.1 Å². The fourth-order valence-corrected chi connectivity index (χ4v) is 1.86. The van der Waals surface area contributed by atoms with Crippen LogP contribution < -0.4 is 10.1 Å². The third-order valence-corrected chi connectivity index (χ3v) is 2.94. The number of amides is 2. The molecule has 7 nitrogen and oxygen atoms in total. The molecule has 0 bridgehead atoms. The highest BCUT2D eigenvalue weighted by Crippen LogP contribution is 2.21. The summed E-state index contributed by atoms with van der Waals surface area (Å²) in [6, 6.07) is 5.20. The Morgan fingerprint density at radius 3 is 2.76 bits per heavy atom. The number of methoxy groups -OCH3 is 1. The molecule has 0 aliphatic heterocycles. The fourth-order valence-electron chi connectivity index (χ4n) is 1.86. The Morgan fingerprint density at radius 2 is 2.19 bits per heavy atom. The van der Waals surface area contributed by atoms with Crippen molar-refractivity contribution in [1.29, 1.82) is 0 Å². The molecule has 2 rings (SSSR count). The summed E-state index contributed by atoms with van der Waals surface area (Å²) >= 11 is 0. The number of ether oxygens (including phenoxy) is 1. The largest absolute Gasteiger partial charge is 0.496 e. The SMILES string of the molecule is COc1ccc(NC(=O)N(C)Cc2noc(C)n2)cc1C. The molecule has 1 aromatic heterocycles. The first-order valence-corrected chi connectivity index (χ1v) is 6.45. The topological polar surface area (TPSA) is 80.5 Å². The standard InChI is InChI=1S/C14H18N4O3/c1-9-7-11(5-6-12(9)20-4)16-14(19)18(3)8-13-15-10(2)21-17-13/h5-7H,8H2,1-4H3,(H,16,19). The van der Waals surface area contributed by atoms with Crippen LogP contribution in [0.2, 0.25) is 0 Å². The van der Waals surface area contributed by atoms with Crippen LogP contribution in [0.5, 0.6) is 5.75 Å². The van der Waals surface area contributed by atoms with Gasteiger partial charge in [-0.05, 0) is 30.7 Å². The molecule has 1 N–H and O–H groups in total. The van der Waals surface area contributed by atoms with Gasteiger partial charge in [-0.3, -0.25) is 0 Å². The zero-order chi connectivity index (χ0) is 15.4. The molecule has 2 aromatic rings. The van der Waals surface area contributed by atoms with Crippen LogP contribution in [-0.4, -0.2) is 35.2 Å². The molecular weight excluding hydrogens is 272 g/mol. The molecule has 0 saturated carbocycles. The van der Waals surface area contributed by atoms with Crippen LogP contribution in [0.1, 0.15) is 17.3 Å². The third-order valence-electron chi connectivity index (χ3n) is 2.94. The van der Waals surface area contributed by atoms with Gasteiger partial charge in [0, 0.05) is 19.7 Å². The van der Waals surface area contributed by atoms with E-state index < -0.39 is 0 Å². The van der Waals surface area contributed by atoms with E-state index in [0.717, 1.165) is 11.3 Å². The van der Waals surface area contributed by atoms with Gasteiger partial charge in [0.2, 0.25) is 5.89 Å². The Balaban J connectivity index is 1.98. The van der Waals surface area contributed by atoms with Gasteiger partial charge in [-0.15, -0.1) is 0 Å². The summed E-state index contributed by atoms with van der Waals surface area (Å²) in [5.41, 5.74) is 1.65. The average Bonchev–Trinajstić information content (AvgIpc) is 2.84. The highest BCUT2D eigenvalue weighted by molar-refractivity contribution is 5.89. The molecule has 0 radical (unpaired) electrons. The van der Waals surface area contributed by atoms with E-state index in [0.29, 0.717) is 17.4 Å². The Bertz CT molecular complexity index is 639. The van der Waals surface area contributed by atoms with Crippen LogP contribution in [0, 0.1) is 13.8 Å². The van der Waals surface area contributed by atoms with Crippen LogP contribution in [0.3, 0.4) is 0 Å². The molecule has 2 amide bonds. The van der Waals surface area contributed by atoms with Crippen LogP contribution in [0.15, 0.2) is 22.7 Å². The van der Waals surface area contributed by atoms with Crippen molar-refractivity contribution in [2.75, 3.05) is 19.5 Å². The van der Waals surface area contributed by atoms with E-state index in [1.807, 2.05) is 19.1 Å². The minimum absolute atomic E-state index is 0.248. The van der Waals surface area contributed by atoms with Gasteiger partial charge in [-0.25, -0.2) is 4.79 Å². The first-order chi connectivity index (χ1) is 9.99. The number of aromatic nitrogens is 2. The summed E-state index contributed by atoms with van der Waals surface area (Å²) < 4.78 is 10.1. The van der Waals surface area contributed by atoms with Crippen LogP contribution in [0.25, 0.3) is 0 Å². The van der Waals surface area contributed by atoms with Crippen molar-refractivity contribution in [3.05, 3.63) is 35.5 Å². The number of anilines is 1. The van der Waals surface area contributed by atoms with Crippen LogP contribution in [0.4, 0.5) is 10.5 Å². The van der Waals surface area contributed by atoms with Gasteiger partial charge < -0.3 is 19.5 Å². The zero-order valence-electron chi connectivity index (χ0n) is 12.5. The molecule has 0 aliphatic carbocycles. The fraction of sp³-hybridized carbons (Fsp3) is 0.357. The summed E-state index contributed by atoms with van der Waals surface area (Å²) in [5.74, 6) is 1.73. The summed E-state index contributed by atoms with van der Waals surface area (Å²) in [6.45, 7) is 3.90. The van der Waals surface area contributed by atoms with Crippen molar-refractivity contribution >= 4 is 11.7 Å². The number of hydrogen-bond donors (Lipinski definition) is 1. The van der Waals surface area contributed by atoms with Crippen molar-refractivity contribution in [2.45, 2.75) is 20.4 Å². The van der Waals surface area contributed by atoms with Crippen LogP contribution in [-0.2, 0) is 6.54 Å². The quantitative estimate of drug-likeness (QED) is 0.935. The summed E-state index contributed by atoms with van der Waals surface area (Å²) in [5, 5.41) is 6.56. The molecule has 112 valence electrons. The second kappa shape index (κ2) is 6.25. The number of hydrogen-bond acceptors (Lipinski definition) is 5. The zero-order valence-corrected chi connectivity index (χ0v) is 12.5. The van der Waals surface area contributed by atoms with Crippen molar-refractivity contribution in [2.24, 2.45) is 0 Å². The second-order valence-electron chi connectivity index (χ2n) is 4.70. The van der Waals surface area contributed by atoms with E-state index in [-0.39, 0.29) is 12.6 Å². The second-order valence-corrected chi connectivity index (χ2v) is 4.70. The lowest BCUT2D eigenvalue weighted by molar-refractivity contribution is 0.219. The van der Waals surface area contributed by atoms with Gasteiger partial charge in [-0.2, -0.15) is 4.98 Å². The maximum absolute atomic E-state index is 12.1. The molecule has 0 saturated heterocycles. The van der Waals surface area contributed by atoms with E-state index in [4.69, 9.17) is 9.26 Å². The lowest BCUT2D eigenvalue weighted by Gasteiger charge is -2.16. The number of rotatable bonds is 4.